The Hall–Kier alpha value is -4.88. The Bertz CT molecular complexity index is 2110. The van der Waals surface area contributed by atoms with E-state index in [-0.39, 0.29) is 0 Å². The van der Waals surface area contributed by atoms with Crippen molar-refractivity contribution < 1.29 is 9.47 Å². The van der Waals surface area contributed by atoms with Gasteiger partial charge in [-0.2, -0.15) is 0 Å². The van der Waals surface area contributed by atoms with Crippen LogP contribution in [0.1, 0.15) is 48.1 Å². The molecule has 2 N–H and O–H groups in total. The second-order valence-corrected chi connectivity index (χ2v) is 11.9. The van der Waals surface area contributed by atoms with Gasteiger partial charge in [-0.3, -0.25) is 0 Å². The third-order valence-corrected chi connectivity index (χ3v) is 9.13. The van der Waals surface area contributed by atoms with Gasteiger partial charge in [0.2, 0.25) is 0 Å². The normalized spacial score (nSPS) is 12.1. The highest BCUT2D eigenvalue weighted by atomic mass is 79.9. The molecule has 0 fully saturated rings. The number of methoxy groups -OCH3 is 2. The number of ether oxygens (including phenoxy) is 2. The molecular formula is C38H33BrN4O2. The van der Waals surface area contributed by atoms with E-state index >= 15 is 0 Å². The zero-order valence-corrected chi connectivity index (χ0v) is 27.0. The average Bonchev–Trinajstić information content (AvgIpc) is 3.90. The van der Waals surface area contributed by atoms with Gasteiger partial charge in [-0.25, -0.2) is 9.97 Å². The third kappa shape index (κ3) is 5.49. The molecule has 7 rings (SSSR count). The summed E-state index contributed by atoms with van der Waals surface area (Å²) < 4.78 is 12.1. The van der Waals surface area contributed by atoms with Crippen LogP contribution in [0.3, 0.4) is 0 Å². The molecule has 2 aliphatic rings. The Kier molecular flexibility index (Phi) is 7.86. The lowest BCUT2D eigenvalue weighted by molar-refractivity contribution is 0.415. The maximum absolute atomic E-state index is 5.59. The number of unbranched alkanes of at least 4 members (excludes halogenated alkanes) is 1. The first-order chi connectivity index (χ1) is 22.1. The molecule has 0 radical (unpaired) electrons. The van der Waals surface area contributed by atoms with Gasteiger partial charge < -0.3 is 19.4 Å². The Morgan fingerprint density at radius 2 is 1.13 bits per heavy atom. The van der Waals surface area contributed by atoms with Crippen LogP contribution in [0.25, 0.3) is 68.6 Å². The number of hydrogen-bond donors (Lipinski definition) is 2. The Morgan fingerprint density at radius 3 is 1.73 bits per heavy atom. The molecule has 5 aromatic rings. The lowest BCUT2D eigenvalue weighted by atomic mass is 10.0. The summed E-state index contributed by atoms with van der Waals surface area (Å²) in [7, 11) is 3.39. The van der Waals surface area contributed by atoms with Crippen LogP contribution in [-0.4, -0.2) is 34.2 Å². The number of H-pyrrole nitrogens is 2. The molecule has 2 aliphatic heterocycles. The van der Waals surface area contributed by atoms with E-state index < -0.39 is 0 Å². The molecule has 0 saturated heterocycles. The number of aromatic amines is 2. The van der Waals surface area contributed by atoms with E-state index in [9.17, 15) is 0 Å². The summed E-state index contributed by atoms with van der Waals surface area (Å²) in [6, 6.07) is 24.8. The van der Waals surface area contributed by atoms with Crippen LogP contribution in [0, 0.1) is 0 Å². The molecule has 8 bridgehead atoms. The van der Waals surface area contributed by atoms with Crippen LogP contribution in [-0.2, 0) is 6.42 Å². The summed E-state index contributed by atoms with van der Waals surface area (Å²) >= 11 is 3.86. The molecule has 0 amide bonds. The number of halogens is 1. The van der Waals surface area contributed by atoms with Gasteiger partial charge in [0, 0.05) is 33.2 Å². The standard InChI is InChI=1S/C38H33BrN4O2/c1-4-5-12-27-28-13-15-30(40-28)36(23-8-6-10-25(21-23)44-2)32-17-19-34(42-32)38(39)35-20-18-33(43-35)37(31-16-14-29(27)41-31)24-9-7-11-26(22-24)45-3/h6-11,13-22,40,43H,4-5,12H2,1-3H3. The zero-order chi connectivity index (χ0) is 30.9. The summed E-state index contributed by atoms with van der Waals surface area (Å²) in [6.45, 7) is 2.22. The first-order valence-corrected chi connectivity index (χ1v) is 15.9. The average molecular weight is 658 g/mol. The van der Waals surface area contributed by atoms with Gasteiger partial charge in [-0.05, 0) is 113 Å². The monoisotopic (exact) mass is 656 g/mol. The van der Waals surface area contributed by atoms with Crippen molar-refractivity contribution in [3.05, 3.63) is 106 Å². The number of rotatable bonds is 7. The highest BCUT2D eigenvalue weighted by Crippen LogP contribution is 2.36. The summed E-state index contributed by atoms with van der Waals surface area (Å²) in [5.41, 5.74) is 12.7. The molecular weight excluding hydrogens is 624 g/mol. The fourth-order valence-electron chi connectivity index (χ4n) is 6.01. The molecule has 224 valence electrons. The lowest BCUT2D eigenvalue weighted by Crippen LogP contribution is -1.92. The maximum Gasteiger partial charge on any atom is 0.119 e. The SMILES string of the molecule is CCCCc1c2nc(c(-c3cccc(OC)c3)c3ccc([nH]3)c(Br)c3nc(c(-c4cccc(OC)c4)c4ccc1[nH]4)C=C3)C=C2. The van der Waals surface area contributed by atoms with Gasteiger partial charge in [0.25, 0.3) is 0 Å². The number of nitrogens with zero attached hydrogens (tertiary/aromatic N) is 2. The second-order valence-electron chi connectivity index (χ2n) is 11.1. The van der Waals surface area contributed by atoms with Crippen LogP contribution in [0.15, 0.2) is 77.3 Å². The number of benzene rings is 2. The van der Waals surface area contributed by atoms with E-state index in [4.69, 9.17) is 19.4 Å². The van der Waals surface area contributed by atoms with E-state index in [1.807, 2.05) is 24.3 Å². The van der Waals surface area contributed by atoms with Crippen molar-refractivity contribution in [2.24, 2.45) is 0 Å². The lowest BCUT2D eigenvalue weighted by Gasteiger charge is -2.07. The molecule has 7 heteroatoms. The number of nitrogens with one attached hydrogen (secondary N) is 2. The summed E-state index contributed by atoms with van der Waals surface area (Å²) in [5, 5.41) is 0. The van der Waals surface area contributed by atoms with Gasteiger partial charge in [0.1, 0.15) is 11.5 Å². The van der Waals surface area contributed by atoms with Crippen LogP contribution in [0.4, 0.5) is 0 Å². The van der Waals surface area contributed by atoms with Crippen molar-refractivity contribution in [3.63, 3.8) is 0 Å². The minimum Gasteiger partial charge on any atom is -0.497 e. The number of aromatic nitrogens is 4. The van der Waals surface area contributed by atoms with Crippen molar-refractivity contribution in [2.45, 2.75) is 26.2 Å². The van der Waals surface area contributed by atoms with Gasteiger partial charge in [-0.15, -0.1) is 0 Å². The summed E-state index contributed by atoms with van der Waals surface area (Å²) in [4.78, 5) is 17.8. The third-order valence-electron chi connectivity index (χ3n) is 8.30. The van der Waals surface area contributed by atoms with Crippen LogP contribution in [0.5, 0.6) is 11.5 Å². The van der Waals surface area contributed by atoms with Crippen LogP contribution < -0.4 is 9.47 Å². The first kappa shape index (κ1) is 28.9. The fourth-order valence-corrected chi connectivity index (χ4v) is 6.46. The van der Waals surface area contributed by atoms with Crippen molar-refractivity contribution >= 4 is 62.3 Å². The molecule has 0 spiro atoms. The Morgan fingerprint density at radius 1 is 0.622 bits per heavy atom. The van der Waals surface area contributed by atoms with Crippen LogP contribution in [0.2, 0.25) is 0 Å². The van der Waals surface area contributed by atoms with Gasteiger partial charge in [0.05, 0.1) is 47.0 Å². The van der Waals surface area contributed by atoms with Crippen molar-refractivity contribution in [3.8, 4) is 33.8 Å². The van der Waals surface area contributed by atoms with Gasteiger partial charge >= 0.3 is 0 Å². The number of fused-ring (bicyclic) bond motifs is 8. The molecule has 0 aliphatic carbocycles. The quantitative estimate of drug-likeness (QED) is 0.179. The number of hydrogen-bond acceptors (Lipinski definition) is 4. The minimum absolute atomic E-state index is 0.796. The van der Waals surface area contributed by atoms with E-state index in [1.54, 1.807) is 14.2 Å². The predicted octanol–water partition coefficient (Wildman–Crippen LogP) is 10.1. The minimum atomic E-state index is 0.796. The summed E-state index contributed by atoms with van der Waals surface area (Å²) in [5.74, 6) is 1.59. The molecule has 3 aromatic heterocycles. The summed E-state index contributed by atoms with van der Waals surface area (Å²) in [6.07, 6.45) is 11.4. The molecule has 5 heterocycles. The van der Waals surface area contributed by atoms with Gasteiger partial charge in [0.15, 0.2) is 0 Å². The van der Waals surface area contributed by atoms with Crippen molar-refractivity contribution in [2.75, 3.05) is 14.2 Å². The molecule has 2 aromatic carbocycles. The van der Waals surface area contributed by atoms with Crippen molar-refractivity contribution in [1.29, 1.82) is 0 Å². The highest BCUT2D eigenvalue weighted by Gasteiger charge is 2.17. The topological polar surface area (TPSA) is 75.8 Å². The second kappa shape index (κ2) is 12.3. The maximum atomic E-state index is 5.59. The molecule has 6 nitrogen and oxygen atoms in total. The molecule has 0 atom stereocenters. The Balaban J connectivity index is 1.61. The number of aryl methyl sites for hydroxylation is 1. The molecule has 45 heavy (non-hydrogen) atoms. The highest BCUT2D eigenvalue weighted by molar-refractivity contribution is 9.10. The Labute approximate surface area is 270 Å². The van der Waals surface area contributed by atoms with E-state index in [1.165, 1.54) is 5.56 Å². The van der Waals surface area contributed by atoms with E-state index in [2.05, 4.69) is 106 Å². The first-order valence-electron chi connectivity index (χ1n) is 15.2. The van der Waals surface area contributed by atoms with Gasteiger partial charge in [-0.1, -0.05) is 37.6 Å². The zero-order valence-electron chi connectivity index (χ0n) is 25.4. The van der Waals surface area contributed by atoms with Crippen LogP contribution >= 0.6 is 15.9 Å². The van der Waals surface area contributed by atoms with Crippen molar-refractivity contribution in [1.82, 2.24) is 19.9 Å². The largest absolute Gasteiger partial charge is 0.497 e. The fraction of sp³-hybridized carbons (Fsp3) is 0.158. The van der Waals surface area contributed by atoms with E-state index in [0.717, 1.165) is 102 Å². The molecule has 0 saturated carbocycles. The molecule has 0 unspecified atom stereocenters. The predicted molar refractivity (Wildman–Crippen MR) is 189 cm³/mol. The van der Waals surface area contributed by atoms with E-state index in [0.29, 0.717) is 0 Å². The smallest absolute Gasteiger partial charge is 0.119 e.